The highest BCUT2D eigenvalue weighted by Gasteiger charge is 2.23. The molecular formula is C19H26FN3O2S. The molecule has 0 saturated carbocycles. The van der Waals surface area contributed by atoms with Crippen LogP contribution in [0.1, 0.15) is 26.3 Å². The number of nitrogens with zero attached hydrogens (tertiary/aromatic N) is 1. The number of nitrogens with one attached hydrogen (secondary N) is 2. The van der Waals surface area contributed by atoms with Gasteiger partial charge in [-0.2, -0.15) is 11.3 Å². The molecular weight excluding hydrogens is 353 g/mol. The van der Waals surface area contributed by atoms with E-state index in [-0.39, 0.29) is 18.5 Å². The van der Waals surface area contributed by atoms with Crippen LogP contribution in [0.25, 0.3) is 0 Å². The molecule has 1 aromatic heterocycles. The molecule has 1 heterocycles. The monoisotopic (exact) mass is 379 g/mol. The molecule has 2 atom stereocenters. The Morgan fingerprint density at radius 3 is 2.85 bits per heavy atom. The summed E-state index contributed by atoms with van der Waals surface area (Å²) in [5.74, 6) is 0.757. The van der Waals surface area contributed by atoms with E-state index in [4.69, 9.17) is 4.74 Å². The maximum atomic E-state index is 13.2. The van der Waals surface area contributed by atoms with Crippen LogP contribution in [0, 0.1) is 5.82 Å². The SMILES string of the molecule is CCNC(=NCC(C)(O)c1ccsc1)NCC(C)Oc1cccc(F)c1. The zero-order valence-corrected chi connectivity index (χ0v) is 16.1. The smallest absolute Gasteiger partial charge is 0.191 e. The van der Waals surface area contributed by atoms with Gasteiger partial charge in [-0.05, 0) is 55.3 Å². The van der Waals surface area contributed by atoms with Crippen molar-refractivity contribution in [1.29, 1.82) is 0 Å². The molecule has 0 amide bonds. The average Bonchev–Trinajstić information content (AvgIpc) is 3.13. The summed E-state index contributed by atoms with van der Waals surface area (Å²) < 4.78 is 18.9. The number of hydrogen-bond acceptors (Lipinski definition) is 4. The van der Waals surface area contributed by atoms with E-state index in [9.17, 15) is 9.50 Å². The fourth-order valence-electron chi connectivity index (χ4n) is 2.29. The van der Waals surface area contributed by atoms with Gasteiger partial charge in [-0.3, -0.25) is 0 Å². The lowest BCUT2D eigenvalue weighted by atomic mass is 10.00. The molecule has 0 aliphatic carbocycles. The quantitative estimate of drug-likeness (QED) is 0.487. The van der Waals surface area contributed by atoms with Gasteiger partial charge in [0.05, 0.1) is 13.1 Å². The van der Waals surface area contributed by atoms with Crippen LogP contribution in [0.5, 0.6) is 5.75 Å². The first-order valence-electron chi connectivity index (χ1n) is 8.60. The molecule has 0 saturated heterocycles. The molecule has 0 fully saturated rings. The number of guanidine groups is 1. The molecule has 2 rings (SSSR count). The standard InChI is InChI=1S/C19H26FN3O2S/c1-4-21-18(23-13-19(3,24)15-8-9-26-12-15)22-11-14(2)25-17-7-5-6-16(20)10-17/h5-10,12,14,24H,4,11,13H2,1-3H3,(H2,21,22,23). The average molecular weight is 380 g/mol. The summed E-state index contributed by atoms with van der Waals surface area (Å²) >= 11 is 1.54. The van der Waals surface area contributed by atoms with E-state index in [1.165, 1.54) is 12.1 Å². The van der Waals surface area contributed by atoms with Crippen LogP contribution >= 0.6 is 11.3 Å². The number of hydrogen-bond donors (Lipinski definition) is 3. The second kappa shape index (κ2) is 9.54. The molecule has 0 radical (unpaired) electrons. The van der Waals surface area contributed by atoms with Crippen molar-refractivity contribution in [3.8, 4) is 5.75 Å². The molecule has 26 heavy (non-hydrogen) atoms. The lowest BCUT2D eigenvalue weighted by Crippen LogP contribution is -2.42. The Balaban J connectivity index is 1.90. The van der Waals surface area contributed by atoms with Crippen molar-refractivity contribution in [2.75, 3.05) is 19.6 Å². The van der Waals surface area contributed by atoms with E-state index in [2.05, 4.69) is 15.6 Å². The van der Waals surface area contributed by atoms with Crippen LogP contribution in [0.15, 0.2) is 46.1 Å². The number of ether oxygens (including phenoxy) is 1. The van der Waals surface area contributed by atoms with E-state index in [1.54, 1.807) is 30.4 Å². The zero-order valence-electron chi connectivity index (χ0n) is 15.3. The summed E-state index contributed by atoms with van der Waals surface area (Å²) in [7, 11) is 0. The second-order valence-electron chi connectivity index (χ2n) is 6.25. The Hall–Kier alpha value is -2.12. The molecule has 2 unspecified atom stereocenters. The topological polar surface area (TPSA) is 65.9 Å². The number of aliphatic hydroxyl groups is 1. The largest absolute Gasteiger partial charge is 0.489 e. The van der Waals surface area contributed by atoms with Crippen LogP contribution < -0.4 is 15.4 Å². The van der Waals surface area contributed by atoms with Crippen molar-refractivity contribution in [3.63, 3.8) is 0 Å². The van der Waals surface area contributed by atoms with Crippen molar-refractivity contribution in [3.05, 3.63) is 52.5 Å². The number of aliphatic imine (C=N–C) groups is 1. The fourth-order valence-corrected chi connectivity index (χ4v) is 3.07. The molecule has 0 bridgehead atoms. The third-order valence-electron chi connectivity index (χ3n) is 3.72. The lowest BCUT2D eigenvalue weighted by molar-refractivity contribution is 0.0677. The molecule has 142 valence electrons. The van der Waals surface area contributed by atoms with Crippen LogP contribution in [0.2, 0.25) is 0 Å². The van der Waals surface area contributed by atoms with Gasteiger partial charge in [0.25, 0.3) is 0 Å². The van der Waals surface area contributed by atoms with E-state index < -0.39 is 5.60 Å². The van der Waals surface area contributed by atoms with Gasteiger partial charge < -0.3 is 20.5 Å². The molecule has 3 N–H and O–H groups in total. The van der Waals surface area contributed by atoms with Gasteiger partial charge in [0, 0.05) is 12.6 Å². The molecule has 0 spiro atoms. The summed E-state index contributed by atoms with van der Waals surface area (Å²) in [5, 5.41) is 20.8. The molecule has 5 nitrogen and oxygen atoms in total. The minimum atomic E-state index is -1.02. The highest BCUT2D eigenvalue weighted by molar-refractivity contribution is 7.08. The predicted octanol–water partition coefficient (Wildman–Crippen LogP) is 3.12. The van der Waals surface area contributed by atoms with Crippen molar-refractivity contribution in [2.24, 2.45) is 4.99 Å². The Morgan fingerprint density at radius 2 is 2.19 bits per heavy atom. The minimum Gasteiger partial charge on any atom is -0.489 e. The van der Waals surface area contributed by atoms with Crippen molar-refractivity contribution in [2.45, 2.75) is 32.5 Å². The molecule has 7 heteroatoms. The normalized spacial score (nSPS) is 15.2. The van der Waals surface area contributed by atoms with Gasteiger partial charge in [0.2, 0.25) is 0 Å². The molecule has 1 aromatic carbocycles. The van der Waals surface area contributed by atoms with Gasteiger partial charge in [0.1, 0.15) is 23.3 Å². The van der Waals surface area contributed by atoms with Crippen LogP contribution in [0.3, 0.4) is 0 Å². The third-order valence-corrected chi connectivity index (χ3v) is 4.41. The van der Waals surface area contributed by atoms with Crippen LogP contribution in [-0.2, 0) is 5.60 Å². The van der Waals surface area contributed by atoms with Gasteiger partial charge >= 0.3 is 0 Å². The maximum Gasteiger partial charge on any atom is 0.191 e. The minimum absolute atomic E-state index is 0.182. The summed E-state index contributed by atoms with van der Waals surface area (Å²) in [4.78, 5) is 4.47. The van der Waals surface area contributed by atoms with Gasteiger partial charge in [-0.1, -0.05) is 6.07 Å². The zero-order chi connectivity index (χ0) is 19.0. The van der Waals surface area contributed by atoms with E-state index in [0.29, 0.717) is 24.8 Å². The number of benzene rings is 1. The third kappa shape index (κ3) is 6.31. The van der Waals surface area contributed by atoms with E-state index >= 15 is 0 Å². The van der Waals surface area contributed by atoms with Crippen molar-refractivity contribution >= 4 is 17.3 Å². The summed E-state index contributed by atoms with van der Waals surface area (Å²) in [6.45, 7) is 7.04. The number of thiophene rings is 1. The number of halogens is 1. The highest BCUT2D eigenvalue weighted by atomic mass is 32.1. The number of rotatable bonds is 8. The second-order valence-corrected chi connectivity index (χ2v) is 7.03. The molecule has 0 aliphatic heterocycles. The van der Waals surface area contributed by atoms with Crippen molar-refractivity contribution < 1.29 is 14.2 Å². The summed E-state index contributed by atoms with van der Waals surface area (Å²) in [6.07, 6.45) is -0.182. The fraction of sp³-hybridized carbons (Fsp3) is 0.421. The Kier molecular flexibility index (Phi) is 7.41. The van der Waals surface area contributed by atoms with E-state index in [1.807, 2.05) is 30.7 Å². The maximum absolute atomic E-state index is 13.2. The Labute approximate surface area is 157 Å². The van der Waals surface area contributed by atoms with Crippen LogP contribution in [0.4, 0.5) is 4.39 Å². The van der Waals surface area contributed by atoms with Crippen molar-refractivity contribution in [1.82, 2.24) is 10.6 Å². The van der Waals surface area contributed by atoms with Gasteiger partial charge in [-0.15, -0.1) is 0 Å². The lowest BCUT2D eigenvalue weighted by Gasteiger charge is -2.22. The molecule has 0 aliphatic rings. The first-order chi connectivity index (χ1) is 12.4. The summed E-state index contributed by atoms with van der Waals surface area (Å²) in [5.41, 5.74) is -0.170. The first-order valence-corrected chi connectivity index (χ1v) is 9.54. The van der Waals surface area contributed by atoms with E-state index in [0.717, 1.165) is 5.56 Å². The Bertz CT molecular complexity index is 705. The molecule has 2 aromatic rings. The summed E-state index contributed by atoms with van der Waals surface area (Å²) in [6, 6.07) is 7.97. The van der Waals surface area contributed by atoms with Gasteiger partial charge in [0.15, 0.2) is 5.96 Å². The van der Waals surface area contributed by atoms with Crippen LogP contribution in [-0.4, -0.2) is 36.8 Å². The Morgan fingerprint density at radius 1 is 1.38 bits per heavy atom. The predicted molar refractivity (Wildman–Crippen MR) is 104 cm³/mol. The highest BCUT2D eigenvalue weighted by Crippen LogP contribution is 2.23. The van der Waals surface area contributed by atoms with Gasteiger partial charge in [-0.25, -0.2) is 9.38 Å². The first kappa shape index (κ1) is 20.2.